The van der Waals surface area contributed by atoms with Gasteiger partial charge in [0.05, 0.1) is 17.3 Å². The highest BCUT2D eigenvalue weighted by Gasteiger charge is 2.31. The molecule has 1 saturated heterocycles. The number of ether oxygens (including phenoxy) is 1. The van der Waals surface area contributed by atoms with Gasteiger partial charge >= 0.3 is 0 Å². The summed E-state index contributed by atoms with van der Waals surface area (Å²) in [6, 6.07) is 2.51. The molecule has 1 atom stereocenters. The number of hydrogen-bond donors (Lipinski definition) is 0. The van der Waals surface area contributed by atoms with E-state index >= 15 is 0 Å². The maximum absolute atomic E-state index is 5.82. The van der Waals surface area contributed by atoms with Crippen molar-refractivity contribution < 1.29 is 4.74 Å². The van der Waals surface area contributed by atoms with E-state index in [1.165, 1.54) is 10.9 Å². The number of aromatic nitrogens is 3. The summed E-state index contributed by atoms with van der Waals surface area (Å²) < 4.78 is 7.96. The number of rotatable bonds is 1. The molecule has 4 heteroatoms. The molecule has 20 heavy (non-hydrogen) atoms. The number of pyridine rings is 1. The molecule has 0 N–H and O–H groups in total. The molecular weight excluding hydrogens is 250 g/mol. The molecule has 2 aromatic rings. The Bertz CT molecular complexity index is 657. The van der Waals surface area contributed by atoms with Gasteiger partial charge in [-0.3, -0.25) is 0 Å². The summed E-state index contributed by atoms with van der Waals surface area (Å²) in [6.45, 7) is 11.4. The van der Waals surface area contributed by atoms with Crippen LogP contribution in [0.2, 0.25) is 0 Å². The summed E-state index contributed by atoms with van der Waals surface area (Å²) in [5.41, 5.74) is 4.36. The summed E-state index contributed by atoms with van der Waals surface area (Å²) >= 11 is 0. The second-order valence-electron chi connectivity index (χ2n) is 6.56. The molecule has 1 aliphatic heterocycles. The first-order valence-electron chi connectivity index (χ1n) is 7.34. The Balaban J connectivity index is 2.12. The molecule has 1 aliphatic rings. The Morgan fingerprint density at radius 1 is 1.30 bits per heavy atom. The minimum absolute atomic E-state index is 0.0754. The molecule has 1 fully saturated rings. The van der Waals surface area contributed by atoms with Crippen molar-refractivity contribution in [3.8, 4) is 0 Å². The molecule has 0 bridgehead atoms. The molecule has 0 amide bonds. The highest BCUT2D eigenvalue weighted by molar-refractivity contribution is 5.82. The Kier molecular flexibility index (Phi) is 3.09. The average Bonchev–Trinajstić information content (AvgIpc) is 2.65. The van der Waals surface area contributed by atoms with Crippen LogP contribution in [-0.4, -0.2) is 27.0 Å². The normalized spacial score (nSPS) is 22.4. The summed E-state index contributed by atoms with van der Waals surface area (Å²) in [7, 11) is 0. The van der Waals surface area contributed by atoms with Gasteiger partial charge in [-0.1, -0.05) is 0 Å². The first-order chi connectivity index (χ1) is 9.37. The summed E-state index contributed by atoms with van der Waals surface area (Å²) in [6.07, 6.45) is 1.99. The fourth-order valence-corrected chi connectivity index (χ4v) is 3.35. The van der Waals surface area contributed by atoms with Crippen molar-refractivity contribution in [3.05, 3.63) is 23.0 Å². The predicted octanol–water partition coefficient (Wildman–Crippen LogP) is 3.49. The minimum Gasteiger partial charge on any atom is -0.375 e. The largest absolute Gasteiger partial charge is 0.375 e. The van der Waals surface area contributed by atoms with E-state index in [2.05, 4.69) is 38.4 Å². The molecule has 0 spiro atoms. The molecule has 0 aliphatic carbocycles. The van der Waals surface area contributed by atoms with Crippen LogP contribution in [0.25, 0.3) is 11.0 Å². The summed E-state index contributed by atoms with van der Waals surface area (Å²) in [5.74, 6) is 0. The van der Waals surface area contributed by atoms with E-state index in [-0.39, 0.29) is 5.60 Å². The van der Waals surface area contributed by atoms with Crippen molar-refractivity contribution in [1.29, 1.82) is 0 Å². The van der Waals surface area contributed by atoms with Crippen LogP contribution in [0.4, 0.5) is 0 Å². The summed E-state index contributed by atoms with van der Waals surface area (Å²) in [4.78, 5) is 4.74. The van der Waals surface area contributed by atoms with Gasteiger partial charge in [-0.15, -0.1) is 0 Å². The lowest BCUT2D eigenvalue weighted by Gasteiger charge is -2.35. The van der Waals surface area contributed by atoms with Gasteiger partial charge in [-0.05, 0) is 59.1 Å². The molecule has 3 heterocycles. The van der Waals surface area contributed by atoms with Crippen LogP contribution < -0.4 is 0 Å². The Morgan fingerprint density at radius 2 is 2.05 bits per heavy atom. The maximum Gasteiger partial charge on any atom is 0.158 e. The van der Waals surface area contributed by atoms with Crippen LogP contribution in [-0.2, 0) is 4.74 Å². The SMILES string of the molecule is Cc1cc(C)c2c(C)nn([C@@H]3CCOC(C)(C)C3)c2n1. The summed E-state index contributed by atoms with van der Waals surface area (Å²) in [5, 5.41) is 5.99. The lowest BCUT2D eigenvalue weighted by atomic mass is 9.94. The van der Waals surface area contributed by atoms with E-state index in [4.69, 9.17) is 14.8 Å². The van der Waals surface area contributed by atoms with E-state index in [0.717, 1.165) is 36.5 Å². The van der Waals surface area contributed by atoms with Gasteiger partial charge in [-0.2, -0.15) is 5.10 Å². The molecule has 3 rings (SSSR count). The van der Waals surface area contributed by atoms with E-state index in [1.54, 1.807) is 0 Å². The third kappa shape index (κ3) is 2.22. The first-order valence-corrected chi connectivity index (χ1v) is 7.34. The van der Waals surface area contributed by atoms with Gasteiger partial charge in [0.2, 0.25) is 0 Å². The van der Waals surface area contributed by atoms with Crippen molar-refractivity contribution >= 4 is 11.0 Å². The third-order valence-electron chi connectivity index (χ3n) is 4.18. The van der Waals surface area contributed by atoms with E-state index in [1.807, 2.05) is 6.92 Å². The van der Waals surface area contributed by atoms with E-state index < -0.39 is 0 Å². The van der Waals surface area contributed by atoms with Crippen LogP contribution in [0.1, 0.15) is 49.7 Å². The van der Waals surface area contributed by atoms with Crippen molar-refractivity contribution in [1.82, 2.24) is 14.8 Å². The zero-order chi connectivity index (χ0) is 14.5. The zero-order valence-corrected chi connectivity index (χ0v) is 13.0. The third-order valence-corrected chi connectivity index (χ3v) is 4.18. The second-order valence-corrected chi connectivity index (χ2v) is 6.56. The number of hydrogen-bond acceptors (Lipinski definition) is 3. The van der Waals surface area contributed by atoms with Gasteiger partial charge in [-0.25, -0.2) is 9.67 Å². The van der Waals surface area contributed by atoms with Crippen LogP contribution in [0, 0.1) is 20.8 Å². The zero-order valence-electron chi connectivity index (χ0n) is 13.0. The van der Waals surface area contributed by atoms with Crippen molar-refractivity contribution in [2.45, 2.75) is 59.1 Å². The number of aryl methyl sites for hydroxylation is 3. The topological polar surface area (TPSA) is 39.9 Å². The number of nitrogens with zero attached hydrogens (tertiary/aromatic N) is 3. The Hall–Kier alpha value is -1.42. The first kappa shape index (κ1) is 13.6. The van der Waals surface area contributed by atoms with Crippen molar-refractivity contribution in [3.63, 3.8) is 0 Å². The number of fused-ring (bicyclic) bond motifs is 1. The molecule has 2 aromatic heterocycles. The van der Waals surface area contributed by atoms with Gasteiger partial charge < -0.3 is 4.74 Å². The van der Waals surface area contributed by atoms with Gasteiger partial charge in [0.15, 0.2) is 5.65 Å². The Labute approximate surface area is 120 Å². The predicted molar refractivity (Wildman–Crippen MR) is 80.0 cm³/mol. The van der Waals surface area contributed by atoms with Crippen molar-refractivity contribution in [2.75, 3.05) is 6.61 Å². The quantitative estimate of drug-likeness (QED) is 0.798. The minimum atomic E-state index is -0.0754. The average molecular weight is 273 g/mol. The second kappa shape index (κ2) is 4.55. The van der Waals surface area contributed by atoms with Gasteiger partial charge in [0.25, 0.3) is 0 Å². The molecule has 0 aromatic carbocycles. The highest BCUT2D eigenvalue weighted by atomic mass is 16.5. The fraction of sp³-hybridized carbons (Fsp3) is 0.625. The van der Waals surface area contributed by atoms with Crippen LogP contribution in [0.3, 0.4) is 0 Å². The van der Waals surface area contributed by atoms with Gasteiger partial charge in [0.1, 0.15) is 0 Å². The lowest BCUT2D eigenvalue weighted by Crippen LogP contribution is -2.35. The lowest BCUT2D eigenvalue weighted by molar-refractivity contribution is -0.0702. The van der Waals surface area contributed by atoms with Crippen molar-refractivity contribution in [2.24, 2.45) is 0 Å². The molecule has 0 unspecified atom stereocenters. The van der Waals surface area contributed by atoms with E-state index in [9.17, 15) is 0 Å². The highest BCUT2D eigenvalue weighted by Crippen LogP contribution is 2.34. The molecule has 4 nitrogen and oxygen atoms in total. The standard InChI is InChI=1S/C16H23N3O/c1-10-8-11(2)17-15-14(10)12(3)18-19(15)13-6-7-20-16(4,5)9-13/h8,13H,6-7,9H2,1-5H3/t13-/m1/s1. The van der Waals surface area contributed by atoms with Gasteiger partial charge in [0, 0.05) is 17.7 Å². The Morgan fingerprint density at radius 3 is 2.75 bits per heavy atom. The van der Waals surface area contributed by atoms with E-state index in [0.29, 0.717) is 6.04 Å². The fourth-order valence-electron chi connectivity index (χ4n) is 3.35. The smallest absolute Gasteiger partial charge is 0.158 e. The molecule has 0 saturated carbocycles. The molecule has 0 radical (unpaired) electrons. The monoisotopic (exact) mass is 273 g/mol. The molecular formula is C16H23N3O. The van der Waals surface area contributed by atoms with Crippen LogP contribution in [0.5, 0.6) is 0 Å². The van der Waals surface area contributed by atoms with Crippen LogP contribution >= 0.6 is 0 Å². The molecule has 108 valence electrons. The van der Waals surface area contributed by atoms with Crippen LogP contribution in [0.15, 0.2) is 6.07 Å². The maximum atomic E-state index is 5.82.